The van der Waals surface area contributed by atoms with Gasteiger partial charge in [-0.15, -0.1) is 11.3 Å². The number of hydrogen-bond donors (Lipinski definition) is 3. The maximum atomic E-state index is 11.5. The Morgan fingerprint density at radius 1 is 1.67 bits per heavy atom. The number of carbonyl (C=O) groups is 2. The van der Waals surface area contributed by atoms with Gasteiger partial charge in [0, 0.05) is 19.0 Å². The second-order valence-electron chi connectivity index (χ2n) is 3.51. The van der Waals surface area contributed by atoms with Gasteiger partial charge in [0.05, 0.1) is 19.1 Å². The summed E-state index contributed by atoms with van der Waals surface area (Å²) >= 11 is 1.19. The summed E-state index contributed by atoms with van der Waals surface area (Å²) in [5.74, 6) is -1.29. The van der Waals surface area contributed by atoms with E-state index in [4.69, 9.17) is 15.6 Å². The minimum Gasteiger partial charge on any atom is -0.476 e. The van der Waals surface area contributed by atoms with E-state index >= 15 is 0 Å². The van der Waals surface area contributed by atoms with Gasteiger partial charge in [-0.1, -0.05) is 0 Å². The second kappa shape index (κ2) is 7.04. The van der Waals surface area contributed by atoms with E-state index in [1.165, 1.54) is 23.8 Å². The van der Waals surface area contributed by atoms with Gasteiger partial charge in [0.2, 0.25) is 5.91 Å². The molecule has 1 amide bonds. The van der Waals surface area contributed by atoms with Gasteiger partial charge in [-0.2, -0.15) is 0 Å². The molecule has 0 saturated heterocycles. The van der Waals surface area contributed by atoms with Crippen LogP contribution in [0, 0.1) is 0 Å². The van der Waals surface area contributed by atoms with Crippen LogP contribution in [-0.2, 0) is 16.1 Å². The van der Waals surface area contributed by atoms with Gasteiger partial charge in [-0.3, -0.25) is 4.79 Å². The lowest BCUT2D eigenvalue weighted by molar-refractivity contribution is -0.123. The maximum Gasteiger partial charge on any atom is 0.355 e. The molecule has 0 spiro atoms. The van der Waals surface area contributed by atoms with Crippen LogP contribution in [0.2, 0.25) is 0 Å². The fourth-order valence-electron chi connectivity index (χ4n) is 1.21. The predicted octanol–water partition coefficient (Wildman–Crippen LogP) is -0.179. The monoisotopic (exact) mass is 273 g/mol. The minimum atomic E-state index is -1.08. The molecule has 1 aromatic rings. The van der Waals surface area contributed by atoms with Crippen LogP contribution >= 0.6 is 11.3 Å². The van der Waals surface area contributed by atoms with Crippen molar-refractivity contribution < 1.29 is 19.4 Å². The van der Waals surface area contributed by atoms with Crippen molar-refractivity contribution in [2.45, 2.75) is 19.1 Å². The molecule has 18 heavy (non-hydrogen) atoms. The number of carboxylic acids is 1. The highest BCUT2D eigenvalue weighted by Gasteiger charge is 2.12. The zero-order valence-corrected chi connectivity index (χ0v) is 10.7. The van der Waals surface area contributed by atoms with E-state index < -0.39 is 5.97 Å². The standard InChI is InChI=1S/C10H15N3O4S/c1-17-6(3-11)2-8(14)12-4-9-13-7(5-18-9)10(15)16/h5-6H,2-4,11H2,1H3,(H,12,14)(H,15,16). The average Bonchev–Trinajstić information content (AvgIpc) is 2.82. The molecule has 1 unspecified atom stereocenters. The van der Waals surface area contributed by atoms with Crippen LogP contribution in [0.3, 0.4) is 0 Å². The molecule has 0 bridgehead atoms. The molecule has 0 radical (unpaired) electrons. The number of carbonyl (C=O) groups excluding carboxylic acids is 1. The van der Waals surface area contributed by atoms with Gasteiger partial charge in [0.1, 0.15) is 5.01 Å². The summed E-state index contributed by atoms with van der Waals surface area (Å²) in [7, 11) is 1.49. The molecule has 0 saturated carbocycles. The lowest BCUT2D eigenvalue weighted by atomic mass is 10.2. The Hall–Kier alpha value is -1.51. The van der Waals surface area contributed by atoms with Crippen molar-refractivity contribution in [3.63, 3.8) is 0 Å². The highest BCUT2D eigenvalue weighted by atomic mass is 32.1. The third kappa shape index (κ3) is 4.40. The highest BCUT2D eigenvalue weighted by molar-refractivity contribution is 7.09. The van der Waals surface area contributed by atoms with Gasteiger partial charge in [0.15, 0.2) is 5.69 Å². The molecule has 0 aliphatic heterocycles. The van der Waals surface area contributed by atoms with Crippen molar-refractivity contribution in [1.82, 2.24) is 10.3 Å². The van der Waals surface area contributed by atoms with Crippen molar-refractivity contribution in [3.8, 4) is 0 Å². The maximum absolute atomic E-state index is 11.5. The van der Waals surface area contributed by atoms with Crippen LogP contribution in [0.25, 0.3) is 0 Å². The Morgan fingerprint density at radius 2 is 2.39 bits per heavy atom. The number of nitrogens with zero attached hydrogens (tertiary/aromatic N) is 1. The van der Waals surface area contributed by atoms with Gasteiger partial charge < -0.3 is 20.9 Å². The number of rotatable bonds is 7. The van der Waals surface area contributed by atoms with Crippen molar-refractivity contribution in [3.05, 3.63) is 16.1 Å². The van der Waals surface area contributed by atoms with Crippen LogP contribution < -0.4 is 11.1 Å². The zero-order chi connectivity index (χ0) is 13.5. The van der Waals surface area contributed by atoms with E-state index in [2.05, 4.69) is 10.3 Å². The van der Waals surface area contributed by atoms with Crippen LogP contribution in [0.5, 0.6) is 0 Å². The van der Waals surface area contributed by atoms with Crippen molar-refractivity contribution in [1.29, 1.82) is 0 Å². The van der Waals surface area contributed by atoms with Gasteiger partial charge in [-0.25, -0.2) is 9.78 Å². The predicted molar refractivity (Wildman–Crippen MR) is 65.4 cm³/mol. The van der Waals surface area contributed by atoms with E-state index in [0.717, 1.165) is 0 Å². The molecular formula is C10H15N3O4S. The van der Waals surface area contributed by atoms with E-state index in [9.17, 15) is 9.59 Å². The SMILES string of the molecule is COC(CN)CC(=O)NCc1nc(C(=O)O)cs1. The van der Waals surface area contributed by atoms with Crippen LogP contribution in [0.4, 0.5) is 0 Å². The number of carboxylic acid groups (broad SMARTS) is 1. The van der Waals surface area contributed by atoms with Crippen LogP contribution in [-0.4, -0.2) is 41.7 Å². The van der Waals surface area contributed by atoms with E-state index in [0.29, 0.717) is 5.01 Å². The highest BCUT2D eigenvalue weighted by Crippen LogP contribution is 2.09. The average molecular weight is 273 g/mol. The number of methoxy groups -OCH3 is 1. The first kappa shape index (κ1) is 14.6. The van der Waals surface area contributed by atoms with Crippen molar-refractivity contribution in [2.75, 3.05) is 13.7 Å². The van der Waals surface area contributed by atoms with Gasteiger partial charge in [0.25, 0.3) is 0 Å². The molecule has 1 rings (SSSR count). The summed E-state index contributed by atoms with van der Waals surface area (Å²) in [5, 5.41) is 13.3. The number of nitrogens with two attached hydrogens (primary N) is 1. The molecule has 1 atom stereocenters. The molecule has 0 aromatic carbocycles. The van der Waals surface area contributed by atoms with Crippen molar-refractivity contribution in [2.24, 2.45) is 5.73 Å². The molecule has 0 aliphatic carbocycles. The van der Waals surface area contributed by atoms with E-state index in [1.807, 2.05) is 0 Å². The molecule has 0 fully saturated rings. The molecule has 0 aliphatic rings. The van der Waals surface area contributed by atoms with Crippen molar-refractivity contribution >= 4 is 23.2 Å². The Morgan fingerprint density at radius 3 is 2.89 bits per heavy atom. The first-order valence-electron chi connectivity index (χ1n) is 5.24. The first-order valence-corrected chi connectivity index (χ1v) is 6.12. The molecule has 8 heteroatoms. The second-order valence-corrected chi connectivity index (χ2v) is 4.45. The normalized spacial score (nSPS) is 12.1. The molecule has 1 heterocycles. The summed E-state index contributed by atoms with van der Waals surface area (Å²) in [4.78, 5) is 26.0. The fraction of sp³-hybridized carbons (Fsp3) is 0.500. The summed E-state index contributed by atoms with van der Waals surface area (Å²) in [5.41, 5.74) is 5.38. The molecular weight excluding hydrogens is 258 g/mol. The smallest absolute Gasteiger partial charge is 0.355 e. The summed E-state index contributed by atoms with van der Waals surface area (Å²) in [6.07, 6.45) is -0.139. The summed E-state index contributed by atoms with van der Waals surface area (Å²) in [6, 6.07) is 0. The summed E-state index contributed by atoms with van der Waals surface area (Å²) in [6.45, 7) is 0.474. The Labute approximate surface area is 108 Å². The number of nitrogens with one attached hydrogen (secondary N) is 1. The topological polar surface area (TPSA) is 115 Å². The molecule has 4 N–H and O–H groups in total. The lowest BCUT2D eigenvalue weighted by Gasteiger charge is -2.11. The Balaban J connectivity index is 2.39. The molecule has 7 nitrogen and oxygen atoms in total. The Kier molecular flexibility index (Phi) is 5.69. The number of ether oxygens (including phenoxy) is 1. The van der Waals surface area contributed by atoms with Gasteiger partial charge >= 0.3 is 5.97 Å². The molecule has 100 valence electrons. The molecule has 1 aromatic heterocycles. The first-order chi connectivity index (χ1) is 8.56. The quantitative estimate of drug-likeness (QED) is 0.635. The van der Waals surface area contributed by atoms with Gasteiger partial charge in [-0.05, 0) is 0 Å². The van der Waals surface area contributed by atoms with E-state index in [1.54, 1.807) is 0 Å². The fourth-order valence-corrected chi connectivity index (χ4v) is 1.91. The summed E-state index contributed by atoms with van der Waals surface area (Å²) < 4.78 is 4.98. The Bertz CT molecular complexity index is 417. The van der Waals surface area contributed by atoms with Crippen LogP contribution in [0.15, 0.2) is 5.38 Å². The zero-order valence-electron chi connectivity index (χ0n) is 9.88. The number of hydrogen-bond acceptors (Lipinski definition) is 6. The number of aromatic carboxylic acids is 1. The third-order valence-electron chi connectivity index (χ3n) is 2.22. The van der Waals surface area contributed by atoms with E-state index in [-0.39, 0.29) is 37.2 Å². The van der Waals surface area contributed by atoms with Crippen LogP contribution in [0.1, 0.15) is 21.9 Å². The number of aromatic nitrogens is 1. The third-order valence-corrected chi connectivity index (χ3v) is 3.07. The number of thiazole rings is 1. The number of amides is 1. The minimum absolute atomic E-state index is 0.0130. The lowest BCUT2D eigenvalue weighted by Crippen LogP contribution is -2.31. The largest absolute Gasteiger partial charge is 0.476 e.